The highest BCUT2D eigenvalue weighted by Crippen LogP contribution is 2.23. The van der Waals surface area contributed by atoms with Crippen molar-refractivity contribution in [3.63, 3.8) is 0 Å². The third kappa shape index (κ3) is 4.07. The summed E-state index contributed by atoms with van der Waals surface area (Å²) in [7, 11) is 0. The summed E-state index contributed by atoms with van der Waals surface area (Å²) in [6.07, 6.45) is 5.73. The van der Waals surface area contributed by atoms with Crippen molar-refractivity contribution in [2.24, 2.45) is 0 Å². The Balaban J connectivity index is 1.38. The van der Waals surface area contributed by atoms with Gasteiger partial charge in [-0.25, -0.2) is 14.8 Å². The van der Waals surface area contributed by atoms with Crippen LogP contribution in [0, 0.1) is 0 Å². The molecule has 8 nitrogen and oxygen atoms in total. The van der Waals surface area contributed by atoms with Gasteiger partial charge in [-0.3, -0.25) is 0 Å². The average Bonchev–Trinajstić information content (AvgIpc) is 3.24. The first-order valence-electron chi connectivity index (χ1n) is 9.62. The van der Waals surface area contributed by atoms with E-state index in [0.717, 1.165) is 50.8 Å². The van der Waals surface area contributed by atoms with Gasteiger partial charge in [-0.2, -0.15) is 0 Å². The molecule has 4 rings (SSSR count). The fourth-order valence-corrected chi connectivity index (χ4v) is 3.73. The lowest BCUT2D eigenvalue weighted by atomic mass is 10.1. The zero-order chi connectivity index (χ0) is 17.8. The molecule has 2 amide bonds. The van der Waals surface area contributed by atoms with Crippen molar-refractivity contribution in [3.05, 3.63) is 18.0 Å². The Morgan fingerprint density at radius 2 is 1.96 bits per heavy atom. The van der Waals surface area contributed by atoms with E-state index in [0.29, 0.717) is 19.7 Å². The Morgan fingerprint density at radius 1 is 1.15 bits per heavy atom. The molecular formula is C18H27N5O3. The number of carbonyl (C=O) groups excluding carboxylic acids is 1. The van der Waals surface area contributed by atoms with E-state index < -0.39 is 0 Å². The molecular weight excluding hydrogens is 334 g/mol. The number of carbonyl (C=O) groups is 1. The maximum absolute atomic E-state index is 12.6. The highest BCUT2D eigenvalue weighted by Gasteiger charge is 2.28. The maximum Gasteiger partial charge on any atom is 0.317 e. The van der Waals surface area contributed by atoms with Crippen LogP contribution in [0.3, 0.4) is 0 Å². The summed E-state index contributed by atoms with van der Waals surface area (Å²) in [5.74, 6) is 0.771. The van der Waals surface area contributed by atoms with Gasteiger partial charge in [0.25, 0.3) is 0 Å². The van der Waals surface area contributed by atoms with E-state index in [2.05, 4.69) is 15.2 Å². The molecule has 0 bridgehead atoms. The Hall–Kier alpha value is -1.93. The van der Waals surface area contributed by atoms with Gasteiger partial charge in [0.1, 0.15) is 6.10 Å². The van der Waals surface area contributed by atoms with Crippen LogP contribution in [0.4, 0.5) is 10.7 Å². The Labute approximate surface area is 153 Å². The second-order valence-corrected chi connectivity index (χ2v) is 7.12. The summed E-state index contributed by atoms with van der Waals surface area (Å²) in [4.78, 5) is 25.7. The van der Waals surface area contributed by atoms with Gasteiger partial charge in [0.15, 0.2) is 0 Å². The number of ether oxygens (including phenoxy) is 2. The van der Waals surface area contributed by atoms with Crippen LogP contribution < -0.4 is 10.2 Å². The first-order chi connectivity index (χ1) is 12.8. The number of anilines is 1. The lowest BCUT2D eigenvalue weighted by molar-refractivity contribution is -0.0186. The SMILES string of the molecule is O=C(NC1CCOCC1)N1CCOC(c2ccnc(N3CCCC3)n2)C1. The van der Waals surface area contributed by atoms with Gasteiger partial charge >= 0.3 is 6.03 Å². The predicted octanol–water partition coefficient (Wildman–Crippen LogP) is 1.34. The standard InChI is InChI=1S/C18H27N5O3/c24-18(20-14-4-10-25-11-5-14)23-9-12-26-16(13-23)15-3-6-19-17(21-15)22-7-1-2-8-22/h3,6,14,16H,1-2,4-5,7-13H2,(H,20,24). The lowest BCUT2D eigenvalue weighted by Crippen LogP contribution is -2.51. The quantitative estimate of drug-likeness (QED) is 0.875. The highest BCUT2D eigenvalue weighted by atomic mass is 16.5. The molecule has 1 aromatic heterocycles. The van der Waals surface area contributed by atoms with Crippen molar-refractivity contribution in [1.29, 1.82) is 0 Å². The lowest BCUT2D eigenvalue weighted by Gasteiger charge is -2.34. The molecule has 3 saturated heterocycles. The number of rotatable bonds is 3. The van der Waals surface area contributed by atoms with Gasteiger partial charge in [0, 0.05) is 45.1 Å². The summed E-state index contributed by atoms with van der Waals surface area (Å²) in [6, 6.07) is 2.08. The van der Waals surface area contributed by atoms with Crippen LogP contribution in [0.1, 0.15) is 37.5 Å². The van der Waals surface area contributed by atoms with Crippen LogP contribution in [-0.2, 0) is 9.47 Å². The third-order valence-corrected chi connectivity index (χ3v) is 5.29. The number of aromatic nitrogens is 2. The highest BCUT2D eigenvalue weighted by molar-refractivity contribution is 5.74. The molecule has 4 heterocycles. The van der Waals surface area contributed by atoms with E-state index in [1.54, 1.807) is 6.20 Å². The van der Waals surface area contributed by atoms with Crippen molar-refractivity contribution in [2.75, 3.05) is 50.9 Å². The number of amides is 2. The molecule has 3 aliphatic heterocycles. The molecule has 1 atom stereocenters. The van der Waals surface area contributed by atoms with Crippen LogP contribution in [0.5, 0.6) is 0 Å². The molecule has 0 aliphatic carbocycles. The van der Waals surface area contributed by atoms with Gasteiger partial charge in [-0.05, 0) is 31.7 Å². The number of hydrogen-bond acceptors (Lipinski definition) is 6. The van der Waals surface area contributed by atoms with Gasteiger partial charge in [-0.1, -0.05) is 0 Å². The van der Waals surface area contributed by atoms with Gasteiger partial charge in [0.2, 0.25) is 5.95 Å². The molecule has 1 aromatic rings. The van der Waals surface area contributed by atoms with Crippen LogP contribution in [-0.4, -0.2) is 72.9 Å². The number of nitrogens with one attached hydrogen (secondary N) is 1. The first-order valence-corrected chi connectivity index (χ1v) is 9.62. The zero-order valence-electron chi connectivity index (χ0n) is 15.1. The Morgan fingerprint density at radius 3 is 2.77 bits per heavy atom. The second-order valence-electron chi connectivity index (χ2n) is 7.12. The summed E-state index contributed by atoms with van der Waals surface area (Å²) in [5.41, 5.74) is 0.852. The van der Waals surface area contributed by atoms with Crippen LogP contribution in [0.2, 0.25) is 0 Å². The molecule has 1 unspecified atom stereocenters. The van der Waals surface area contributed by atoms with E-state index in [1.807, 2.05) is 11.0 Å². The molecule has 3 fully saturated rings. The van der Waals surface area contributed by atoms with E-state index >= 15 is 0 Å². The van der Waals surface area contributed by atoms with E-state index in [1.165, 1.54) is 12.8 Å². The molecule has 0 spiro atoms. The van der Waals surface area contributed by atoms with Gasteiger partial charge in [0.05, 0.1) is 18.8 Å². The smallest absolute Gasteiger partial charge is 0.317 e. The normalized spacial score (nSPS) is 24.7. The molecule has 1 N–H and O–H groups in total. The monoisotopic (exact) mass is 361 g/mol. The van der Waals surface area contributed by atoms with Crippen LogP contribution in [0.15, 0.2) is 12.3 Å². The van der Waals surface area contributed by atoms with Crippen molar-refractivity contribution in [1.82, 2.24) is 20.2 Å². The summed E-state index contributed by atoms with van der Waals surface area (Å²) in [5, 5.41) is 3.13. The van der Waals surface area contributed by atoms with E-state index in [4.69, 9.17) is 14.5 Å². The molecule has 8 heteroatoms. The summed E-state index contributed by atoms with van der Waals surface area (Å²) < 4.78 is 11.3. The number of urea groups is 1. The molecule has 0 aromatic carbocycles. The van der Waals surface area contributed by atoms with E-state index in [-0.39, 0.29) is 18.2 Å². The van der Waals surface area contributed by atoms with Gasteiger partial charge < -0.3 is 24.6 Å². The fourth-order valence-electron chi connectivity index (χ4n) is 3.73. The molecule has 3 aliphatic rings. The largest absolute Gasteiger partial charge is 0.381 e. The molecule has 26 heavy (non-hydrogen) atoms. The number of morpholine rings is 1. The first kappa shape index (κ1) is 17.5. The second kappa shape index (κ2) is 8.18. The summed E-state index contributed by atoms with van der Waals surface area (Å²) in [6.45, 7) is 5.10. The van der Waals surface area contributed by atoms with Gasteiger partial charge in [-0.15, -0.1) is 0 Å². The minimum absolute atomic E-state index is 0.0148. The zero-order valence-corrected chi connectivity index (χ0v) is 15.1. The maximum atomic E-state index is 12.6. The van der Waals surface area contributed by atoms with Crippen molar-refractivity contribution >= 4 is 12.0 Å². The average molecular weight is 361 g/mol. The van der Waals surface area contributed by atoms with Crippen LogP contribution in [0.25, 0.3) is 0 Å². The van der Waals surface area contributed by atoms with Crippen molar-refractivity contribution in [3.8, 4) is 0 Å². The minimum Gasteiger partial charge on any atom is -0.381 e. The molecule has 0 saturated carbocycles. The van der Waals surface area contributed by atoms with Crippen molar-refractivity contribution < 1.29 is 14.3 Å². The van der Waals surface area contributed by atoms with Crippen LogP contribution >= 0.6 is 0 Å². The Kier molecular flexibility index (Phi) is 5.50. The minimum atomic E-state index is -0.200. The fraction of sp³-hybridized carbons (Fsp3) is 0.722. The summed E-state index contributed by atoms with van der Waals surface area (Å²) >= 11 is 0. The number of hydrogen-bond donors (Lipinski definition) is 1. The third-order valence-electron chi connectivity index (χ3n) is 5.29. The molecule has 142 valence electrons. The number of nitrogens with zero attached hydrogens (tertiary/aromatic N) is 4. The van der Waals surface area contributed by atoms with E-state index in [9.17, 15) is 4.79 Å². The van der Waals surface area contributed by atoms with Crippen molar-refractivity contribution in [2.45, 2.75) is 37.8 Å². The molecule has 0 radical (unpaired) electrons. The Bertz CT molecular complexity index is 617. The predicted molar refractivity (Wildman–Crippen MR) is 96.1 cm³/mol. The topological polar surface area (TPSA) is 79.8 Å².